The minimum Gasteiger partial charge on any atom is -0.321 e. The highest BCUT2D eigenvalue weighted by molar-refractivity contribution is 6.04. The molecule has 1 aromatic carbocycles. The third-order valence-electron chi connectivity index (χ3n) is 2.91. The van der Waals surface area contributed by atoms with E-state index in [1.165, 1.54) is 0 Å². The van der Waals surface area contributed by atoms with Crippen LogP contribution >= 0.6 is 0 Å². The van der Waals surface area contributed by atoms with Crippen molar-refractivity contribution in [1.29, 1.82) is 0 Å². The molecular formula is C16H18N2O. The van der Waals surface area contributed by atoms with Crippen LogP contribution in [0.2, 0.25) is 0 Å². The minimum atomic E-state index is -0.112. The summed E-state index contributed by atoms with van der Waals surface area (Å²) in [6.07, 6.45) is 3.31. The van der Waals surface area contributed by atoms with Crippen molar-refractivity contribution in [2.45, 2.75) is 26.2 Å². The summed E-state index contributed by atoms with van der Waals surface area (Å²) in [7, 11) is 0. The number of hydrogen-bond acceptors (Lipinski definition) is 2. The molecular weight excluding hydrogens is 236 g/mol. The summed E-state index contributed by atoms with van der Waals surface area (Å²) >= 11 is 0. The maximum atomic E-state index is 12.2. The second-order valence-electron chi connectivity index (χ2n) is 5.53. The van der Waals surface area contributed by atoms with Gasteiger partial charge in [0.1, 0.15) is 0 Å². The van der Waals surface area contributed by atoms with E-state index in [0.29, 0.717) is 11.3 Å². The largest absolute Gasteiger partial charge is 0.321 e. The van der Waals surface area contributed by atoms with Gasteiger partial charge in [-0.3, -0.25) is 9.78 Å². The molecule has 0 radical (unpaired) electrons. The number of amides is 1. The highest BCUT2D eigenvalue weighted by Gasteiger charge is 2.15. The van der Waals surface area contributed by atoms with Gasteiger partial charge in [-0.05, 0) is 35.2 Å². The van der Waals surface area contributed by atoms with Crippen LogP contribution in [0.5, 0.6) is 0 Å². The van der Waals surface area contributed by atoms with Gasteiger partial charge in [0.2, 0.25) is 0 Å². The quantitative estimate of drug-likeness (QED) is 0.889. The first-order valence-electron chi connectivity index (χ1n) is 6.29. The van der Waals surface area contributed by atoms with Crippen molar-refractivity contribution in [1.82, 2.24) is 4.98 Å². The summed E-state index contributed by atoms with van der Waals surface area (Å²) in [5.74, 6) is -0.112. The van der Waals surface area contributed by atoms with E-state index < -0.39 is 0 Å². The first-order valence-corrected chi connectivity index (χ1v) is 6.29. The molecule has 0 atom stereocenters. The van der Waals surface area contributed by atoms with Gasteiger partial charge in [-0.25, -0.2) is 0 Å². The number of hydrogen-bond donors (Lipinski definition) is 1. The number of rotatable bonds is 2. The standard InChI is InChI=1S/C16H18N2O/c1-16(2,3)13-7-4-6-12(10-13)15(19)18-14-8-5-9-17-11-14/h4-11H,1-3H3,(H,18,19). The maximum Gasteiger partial charge on any atom is 0.255 e. The zero-order chi connectivity index (χ0) is 13.9. The number of anilines is 1. The highest BCUT2D eigenvalue weighted by Crippen LogP contribution is 2.23. The van der Waals surface area contributed by atoms with Crippen molar-refractivity contribution in [2.75, 3.05) is 5.32 Å². The molecule has 2 aromatic rings. The molecule has 0 aliphatic rings. The third kappa shape index (κ3) is 3.41. The molecule has 1 amide bonds. The van der Waals surface area contributed by atoms with Crippen LogP contribution in [0.15, 0.2) is 48.8 Å². The molecule has 0 saturated heterocycles. The molecule has 3 heteroatoms. The lowest BCUT2D eigenvalue weighted by Gasteiger charge is -2.19. The van der Waals surface area contributed by atoms with Gasteiger partial charge in [-0.2, -0.15) is 0 Å². The molecule has 0 saturated carbocycles. The van der Waals surface area contributed by atoms with Crippen LogP contribution < -0.4 is 5.32 Å². The Hall–Kier alpha value is -2.16. The Bertz CT molecular complexity index is 571. The van der Waals surface area contributed by atoms with Gasteiger partial charge in [0.25, 0.3) is 5.91 Å². The zero-order valence-corrected chi connectivity index (χ0v) is 11.5. The number of benzene rings is 1. The van der Waals surface area contributed by atoms with Gasteiger partial charge in [0.05, 0.1) is 11.9 Å². The van der Waals surface area contributed by atoms with Crippen LogP contribution in [0.3, 0.4) is 0 Å². The lowest BCUT2D eigenvalue weighted by molar-refractivity contribution is 0.102. The van der Waals surface area contributed by atoms with Crippen LogP contribution in [0.25, 0.3) is 0 Å². The molecule has 1 N–H and O–H groups in total. The van der Waals surface area contributed by atoms with E-state index in [0.717, 1.165) is 5.56 Å². The molecule has 0 fully saturated rings. The molecule has 1 aromatic heterocycles. The van der Waals surface area contributed by atoms with E-state index in [1.807, 2.05) is 30.3 Å². The van der Waals surface area contributed by atoms with Crippen molar-refractivity contribution >= 4 is 11.6 Å². The summed E-state index contributed by atoms with van der Waals surface area (Å²) in [5, 5.41) is 2.84. The van der Waals surface area contributed by atoms with E-state index in [2.05, 4.69) is 31.1 Å². The molecule has 19 heavy (non-hydrogen) atoms. The number of pyridine rings is 1. The molecule has 2 rings (SSSR count). The molecule has 0 aliphatic heterocycles. The van der Waals surface area contributed by atoms with E-state index in [4.69, 9.17) is 0 Å². The second-order valence-corrected chi connectivity index (χ2v) is 5.53. The Morgan fingerprint density at radius 1 is 1.16 bits per heavy atom. The molecule has 0 unspecified atom stereocenters. The summed E-state index contributed by atoms with van der Waals surface area (Å²) in [4.78, 5) is 16.1. The molecule has 0 spiro atoms. The molecule has 98 valence electrons. The summed E-state index contributed by atoms with van der Waals surface area (Å²) in [6, 6.07) is 11.3. The Balaban J connectivity index is 2.20. The Morgan fingerprint density at radius 3 is 2.58 bits per heavy atom. The van der Waals surface area contributed by atoms with Crippen LogP contribution in [-0.4, -0.2) is 10.9 Å². The fraction of sp³-hybridized carbons (Fsp3) is 0.250. The number of aromatic nitrogens is 1. The summed E-state index contributed by atoms with van der Waals surface area (Å²) in [5.41, 5.74) is 2.54. The lowest BCUT2D eigenvalue weighted by atomic mass is 9.86. The number of carbonyl (C=O) groups excluding carboxylic acids is 1. The average molecular weight is 254 g/mol. The lowest BCUT2D eigenvalue weighted by Crippen LogP contribution is -2.15. The second kappa shape index (κ2) is 5.22. The number of nitrogens with one attached hydrogen (secondary N) is 1. The first kappa shape index (κ1) is 13.3. The molecule has 3 nitrogen and oxygen atoms in total. The van der Waals surface area contributed by atoms with Crippen LogP contribution in [0.4, 0.5) is 5.69 Å². The van der Waals surface area contributed by atoms with Gasteiger partial charge in [0, 0.05) is 11.8 Å². The number of nitrogens with zero attached hydrogens (tertiary/aromatic N) is 1. The Morgan fingerprint density at radius 2 is 1.95 bits per heavy atom. The first-order chi connectivity index (χ1) is 8.97. The predicted molar refractivity (Wildman–Crippen MR) is 77.3 cm³/mol. The average Bonchev–Trinajstić information content (AvgIpc) is 2.39. The smallest absolute Gasteiger partial charge is 0.255 e. The minimum absolute atomic E-state index is 0.0323. The topological polar surface area (TPSA) is 42.0 Å². The normalized spacial score (nSPS) is 11.1. The van der Waals surface area contributed by atoms with Gasteiger partial charge in [-0.15, -0.1) is 0 Å². The van der Waals surface area contributed by atoms with Crippen molar-refractivity contribution < 1.29 is 4.79 Å². The zero-order valence-electron chi connectivity index (χ0n) is 11.5. The van der Waals surface area contributed by atoms with E-state index in [1.54, 1.807) is 18.5 Å². The van der Waals surface area contributed by atoms with E-state index in [-0.39, 0.29) is 11.3 Å². The SMILES string of the molecule is CC(C)(C)c1cccc(C(=O)Nc2cccnc2)c1. The molecule has 0 bridgehead atoms. The van der Waals surface area contributed by atoms with Gasteiger partial charge in [-0.1, -0.05) is 32.9 Å². The summed E-state index contributed by atoms with van der Waals surface area (Å²) < 4.78 is 0. The number of carbonyl (C=O) groups is 1. The van der Waals surface area contributed by atoms with Crippen molar-refractivity contribution in [3.63, 3.8) is 0 Å². The van der Waals surface area contributed by atoms with Crippen LogP contribution in [0, 0.1) is 0 Å². The van der Waals surface area contributed by atoms with Crippen LogP contribution in [-0.2, 0) is 5.41 Å². The molecule has 0 aliphatic carbocycles. The van der Waals surface area contributed by atoms with Crippen molar-refractivity contribution in [3.05, 3.63) is 59.9 Å². The van der Waals surface area contributed by atoms with Gasteiger partial charge in [0.15, 0.2) is 0 Å². The predicted octanol–water partition coefficient (Wildman–Crippen LogP) is 3.63. The summed E-state index contributed by atoms with van der Waals surface area (Å²) in [6.45, 7) is 6.39. The third-order valence-corrected chi connectivity index (χ3v) is 2.91. The van der Waals surface area contributed by atoms with Gasteiger partial charge < -0.3 is 5.32 Å². The Kier molecular flexibility index (Phi) is 3.65. The fourth-order valence-electron chi connectivity index (χ4n) is 1.77. The van der Waals surface area contributed by atoms with Crippen molar-refractivity contribution in [2.24, 2.45) is 0 Å². The van der Waals surface area contributed by atoms with Crippen molar-refractivity contribution in [3.8, 4) is 0 Å². The monoisotopic (exact) mass is 254 g/mol. The van der Waals surface area contributed by atoms with E-state index >= 15 is 0 Å². The Labute approximate surface area is 113 Å². The molecule has 1 heterocycles. The highest BCUT2D eigenvalue weighted by atomic mass is 16.1. The van der Waals surface area contributed by atoms with E-state index in [9.17, 15) is 4.79 Å². The van der Waals surface area contributed by atoms with Gasteiger partial charge >= 0.3 is 0 Å². The van der Waals surface area contributed by atoms with Crippen LogP contribution in [0.1, 0.15) is 36.7 Å². The fourth-order valence-corrected chi connectivity index (χ4v) is 1.77. The maximum absolute atomic E-state index is 12.2.